The van der Waals surface area contributed by atoms with Crippen LogP contribution < -0.4 is 14.4 Å². The Kier molecular flexibility index (Phi) is 8.00. The average Bonchev–Trinajstić information content (AvgIpc) is 3.31. The molecule has 0 saturated heterocycles. The fourth-order valence-electron chi connectivity index (χ4n) is 4.84. The molecule has 0 atom stereocenters. The summed E-state index contributed by atoms with van der Waals surface area (Å²) >= 11 is 0. The lowest BCUT2D eigenvalue weighted by Crippen LogP contribution is -2.29. The van der Waals surface area contributed by atoms with Gasteiger partial charge in [-0.05, 0) is 109 Å². The highest BCUT2D eigenvalue weighted by atomic mass is 16.6. The maximum absolute atomic E-state index is 13.3. The Hall–Kier alpha value is -6.29. The molecule has 5 aromatic rings. The Labute approximate surface area is 263 Å². The summed E-state index contributed by atoms with van der Waals surface area (Å²) in [6.45, 7) is 4.00. The standard InChI is InChI=1S/C36H26N2O8/c1-22-3-12-30(19-23(22)2)46-31-17-18-32-33(20-31)35(40)37(34(32)39)26-8-6-25(7-9-26)36(41)44-21-24-4-13-28(14-5-24)45-29-15-10-27(11-16-29)38(42)43/h3-20H,21H2,1-2H3. The number of hydrogen-bond acceptors (Lipinski definition) is 8. The largest absolute Gasteiger partial charge is 0.457 e. The molecule has 46 heavy (non-hydrogen) atoms. The molecule has 1 aliphatic rings. The minimum Gasteiger partial charge on any atom is -0.457 e. The number of esters is 1. The van der Waals surface area contributed by atoms with E-state index in [4.69, 9.17) is 14.2 Å². The van der Waals surface area contributed by atoms with Crippen molar-refractivity contribution >= 4 is 29.2 Å². The molecule has 0 fully saturated rings. The van der Waals surface area contributed by atoms with Crippen molar-refractivity contribution in [3.05, 3.63) is 153 Å². The van der Waals surface area contributed by atoms with Crippen LogP contribution in [0.2, 0.25) is 0 Å². The molecule has 0 aliphatic carbocycles. The number of amides is 2. The molecule has 0 bridgehead atoms. The number of aryl methyl sites for hydroxylation is 2. The highest BCUT2D eigenvalue weighted by Gasteiger charge is 2.37. The normalized spacial score (nSPS) is 12.1. The van der Waals surface area contributed by atoms with Gasteiger partial charge in [-0.15, -0.1) is 0 Å². The molecule has 228 valence electrons. The van der Waals surface area contributed by atoms with E-state index in [1.165, 1.54) is 48.5 Å². The second-order valence-electron chi connectivity index (χ2n) is 10.6. The van der Waals surface area contributed by atoms with Crippen molar-refractivity contribution in [2.45, 2.75) is 20.5 Å². The summed E-state index contributed by atoms with van der Waals surface area (Å²) in [5, 5.41) is 10.8. The fourth-order valence-corrected chi connectivity index (χ4v) is 4.84. The van der Waals surface area contributed by atoms with Gasteiger partial charge in [-0.25, -0.2) is 9.69 Å². The number of benzene rings is 5. The minimum atomic E-state index is -0.576. The van der Waals surface area contributed by atoms with Crippen molar-refractivity contribution in [1.29, 1.82) is 0 Å². The summed E-state index contributed by atoms with van der Waals surface area (Å²) < 4.78 is 17.1. The van der Waals surface area contributed by atoms with E-state index in [1.807, 2.05) is 32.0 Å². The molecule has 0 N–H and O–H groups in total. The van der Waals surface area contributed by atoms with E-state index in [2.05, 4.69) is 0 Å². The van der Waals surface area contributed by atoms with Gasteiger partial charge in [0.2, 0.25) is 0 Å². The smallest absolute Gasteiger partial charge is 0.338 e. The molecule has 5 aromatic carbocycles. The van der Waals surface area contributed by atoms with Crippen LogP contribution in [0.4, 0.5) is 11.4 Å². The van der Waals surface area contributed by atoms with Gasteiger partial charge in [-0.2, -0.15) is 0 Å². The monoisotopic (exact) mass is 614 g/mol. The number of hydrogen-bond donors (Lipinski definition) is 0. The summed E-state index contributed by atoms with van der Waals surface area (Å²) in [4.78, 5) is 50.5. The molecule has 0 radical (unpaired) electrons. The Balaban J connectivity index is 1.06. The third kappa shape index (κ3) is 6.18. The first kappa shape index (κ1) is 29.8. The zero-order valence-corrected chi connectivity index (χ0v) is 24.8. The van der Waals surface area contributed by atoms with Crippen LogP contribution >= 0.6 is 0 Å². The van der Waals surface area contributed by atoms with Crippen LogP contribution in [0, 0.1) is 24.0 Å². The number of nitro groups is 1. The van der Waals surface area contributed by atoms with Gasteiger partial charge in [-0.3, -0.25) is 19.7 Å². The maximum atomic E-state index is 13.3. The van der Waals surface area contributed by atoms with Crippen molar-refractivity contribution in [2.24, 2.45) is 0 Å². The molecule has 10 nitrogen and oxygen atoms in total. The molecule has 0 saturated carbocycles. The van der Waals surface area contributed by atoms with Gasteiger partial charge in [0, 0.05) is 12.1 Å². The van der Waals surface area contributed by atoms with Crippen molar-refractivity contribution in [1.82, 2.24) is 0 Å². The van der Waals surface area contributed by atoms with E-state index in [-0.39, 0.29) is 29.0 Å². The summed E-state index contributed by atoms with van der Waals surface area (Å²) in [6.07, 6.45) is 0. The van der Waals surface area contributed by atoms with Gasteiger partial charge >= 0.3 is 5.97 Å². The fraction of sp³-hybridized carbons (Fsp3) is 0.0833. The van der Waals surface area contributed by atoms with Gasteiger partial charge in [0.15, 0.2) is 0 Å². The van der Waals surface area contributed by atoms with E-state index >= 15 is 0 Å². The van der Waals surface area contributed by atoms with Crippen molar-refractivity contribution in [3.63, 3.8) is 0 Å². The van der Waals surface area contributed by atoms with Crippen LogP contribution in [0.15, 0.2) is 109 Å². The Morgan fingerprint density at radius 2 is 1.24 bits per heavy atom. The van der Waals surface area contributed by atoms with Crippen molar-refractivity contribution in [3.8, 4) is 23.0 Å². The lowest BCUT2D eigenvalue weighted by molar-refractivity contribution is -0.384. The third-order valence-electron chi connectivity index (χ3n) is 7.51. The molecule has 0 spiro atoms. The number of carbonyl (C=O) groups excluding carboxylic acids is 3. The van der Waals surface area contributed by atoms with E-state index in [1.54, 1.807) is 42.5 Å². The average molecular weight is 615 g/mol. The quantitative estimate of drug-likeness (QED) is 0.0709. The van der Waals surface area contributed by atoms with E-state index in [0.717, 1.165) is 16.0 Å². The van der Waals surface area contributed by atoms with Gasteiger partial charge in [-0.1, -0.05) is 18.2 Å². The molecular formula is C36H26N2O8. The molecular weight excluding hydrogens is 588 g/mol. The second-order valence-corrected chi connectivity index (χ2v) is 10.6. The highest BCUT2D eigenvalue weighted by molar-refractivity contribution is 6.34. The van der Waals surface area contributed by atoms with Crippen molar-refractivity contribution < 1.29 is 33.5 Å². The Morgan fingerprint density at radius 1 is 0.674 bits per heavy atom. The lowest BCUT2D eigenvalue weighted by Gasteiger charge is -2.14. The molecule has 1 aliphatic heterocycles. The van der Waals surface area contributed by atoms with Crippen LogP contribution in [0.3, 0.4) is 0 Å². The van der Waals surface area contributed by atoms with Crippen LogP contribution in [-0.2, 0) is 11.3 Å². The number of nitro benzene ring substituents is 1. The van der Waals surface area contributed by atoms with E-state index < -0.39 is 22.7 Å². The number of fused-ring (bicyclic) bond motifs is 1. The topological polar surface area (TPSA) is 125 Å². The third-order valence-corrected chi connectivity index (χ3v) is 7.51. The van der Waals surface area contributed by atoms with Crippen LogP contribution in [0.25, 0.3) is 0 Å². The highest BCUT2D eigenvalue weighted by Crippen LogP contribution is 2.33. The summed E-state index contributed by atoms with van der Waals surface area (Å²) in [6, 6.07) is 29.1. The first-order chi connectivity index (χ1) is 22.2. The predicted octanol–water partition coefficient (Wildman–Crippen LogP) is 7.95. The predicted molar refractivity (Wildman–Crippen MR) is 169 cm³/mol. The molecule has 1 heterocycles. The molecule has 0 unspecified atom stereocenters. The Morgan fingerprint density at radius 3 is 1.89 bits per heavy atom. The second kappa shape index (κ2) is 12.4. The molecule has 2 amide bonds. The summed E-state index contributed by atoms with van der Waals surface area (Å²) in [7, 11) is 0. The maximum Gasteiger partial charge on any atom is 0.338 e. The summed E-state index contributed by atoms with van der Waals surface area (Å²) in [5.41, 5.74) is 3.97. The number of ether oxygens (including phenoxy) is 3. The van der Waals surface area contributed by atoms with E-state index in [0.29, 0.717) is 34.2 Å². The van der Waals surface area contributed by atoms with Gasteiger partial charge in [0.25, 0.3) is 17.5 Å². The number of anilines is 1. The van der Waals surface area contributed by atoms with Crippen LogP contribution in [-0.4, -0.2) is 22.7 Å². The van der Waals surface area contributed by atoms with Gasteiger partial charge in [0.05, 0.1) is 27.3 Å². The molecule has 0 aromatic heterocycles. The minimum absolute atomic E-state index is 0.00334. The zero-order chi connectivity index (χ0) is 32.4. The number of carbonyl (C=O) groups is 3. The van der Waals surface area contributed by atoms with Crippen molar-refractivity contribution in [2.75, 3.05) is 4.90 Å². The zero-order valence-electron chi connectivity index (χ0n) is 24.8. The molecule has 6 rings (SSSR count). The SMILES string of the molecule is Cc1ccc(Oc2ccc3c(c2)C(=O)N(c2ccc(C(=O)OCc4ccc(Oc5ccc([N+](=O)[O-])cc5)cc4)cc2)C3=O)cc1C. The van der Waals surface area contributed by atoms with Crippen LogP contribution in [0.5, 0.6) is 23.0 Å². The number of nitrogens with zero attached hydrogens (tertiary/aromatic N) is 2. The first-order valence-electron chi connectivity index (χ1n) is 14.2. The summed E-state index contributed by atoms with van der Waals surface area (Å²) in [5.74, 6) is 0.503. The number of rotatable bonds is 9. The van der Waals surface area contributed by atoms with Crippen LogP contribution in [0.1, 0.15) is 47.8 Å². The van der Waals surface area contributed by atoms with Gasteiger partial charge in [0.1, 0.15) is 29.6 Å². The van der Waals surface area contributed by atoms with E-state index in [9.17, 15) is 24.5 Å². The lowest BCUT2D eigenvalue weighted by atomic mass is 10.1. The Bertz CT molecular complexity index is 1990. The number of non-ortho nitro benzene ring substituents is 1. The number of imide groups is 1. The van der Waals surface area contributed by atoms with Gasteiger partial charge < -0.3 is 14.2 Å². The molecule has 10 heteroatoms. The first-order valence-corrected chi connectivity index (χ1v) is 14.2.